The van der Waals surface area contributed by atoms with E-state index >= 15 is 0 Å². The summed E-state index contributed by atoms with van der Waals surface area (Å²) in [7, 11) is 0. The first-order valence-electron chi connectivity index (χ1n) is 6.07. The maximum absolute atomic E-state index is 12.5. The van der Waals surface area contributed by atoms with Crippen molar-refractivity contribution in [2.24, 2.45) is 0 Å². The van der Waals surface area contributed by atoms with Crippen LogP contribution in [0.1, 0.15) is 5.56 Å². The summed E-state index contributed by atoms with van der Waals surface area (Å²) < 4.78 is 37.4. The van der Waals surface area contributed by atoms with E-state index < -0.39 is 12.7 Å². The molecule has 1 aromatic rings. The van der Waals surface area contributed by atoms with Crippen LogP contribution in [0.25, 0.3) is 0 Å². The van der Waals surface area contributed by atoms with Crippen LogP contribution in [0.4, 0.5) is 13.2 Å². The summed E-state index contributed by atoms with van der Waals surface area (Å²) in [4.78, 5) is 2.58. The molecule has 0 saturated heterocycles. The van der Waals surface area contributed by atoms with Gasteiger partial charge in [0.1, 0.15) is 0 Å². The Morgan fingerprint density at radius 3 is 2.68 bits per heavy atom. The number of thioether (sulfide) groups is 1. The molecular formula is C13H15ClF3NS. The summed E-state index contributed by atoms with van der Waals surface area (Å²) in [6.07, 6.45) is -3.33. The number of nitrogens with zero attached hydrogens (tertiary/aromatic N) is 1. The number of benzene rings is 1. The fourth-order valence-corrected chi connectivity index (χ4v) is 3.86. The van der Waals surface area contributed by atoms with Gasteiger partial charge < -0.3 is 0 Å². The first kappa shape index (κ1) is 15.0. The molecule has 0 spiro atoms. The van der Waals surface area contributed by atoms with E-state index in [1.54, 1.807) is 11.8 Å². The Kier molecular flexibility index (Phi) is 5.03. The summed E-state index contributed by atoms with van der Waals surface area (Å²) in [5, 5.41) is 0.183. The van der Waals surface area contributed by atoms with E-state index in [1.165, 1.54) is 15.4 Å². The molecule has 0 bridgehead atoms. The molecule has 106 valence electrons. The molecule has 1 aliphatic heterocycles. The highest BCUT2D eigenvalue weighted by Crippen LogP contribution is 2.37. The monoisotopic (exact) mass is 309 g/mol. The van der Waals surface area contributed by atoms with Gasteiger partial charge in [0.15, 0.2) is 0 Å². The van der Waals surface area contributed by atoms with Crippen molar-refractivity contribution in [3.05, 3.63) is 29.8 Å². The van der Waals surface area contributed by atoms with Crippen molar-refractivity contribution < 1.29 is 13.2 Å². The second kappa shape index (κ2) is 6.37. The molecule has 0 saturated carbocycles. The van der Waals surface area contributed by atoms with Crippen LogP contribution in [0.2, 0.25) is 0 Å². The van der Waals surface area contributed by atoms with Gasteiger partial charge in [-0.15, -0.1) is 23.4 Å². The summed E-state index contributed by atoms with van der Waals surface area (Å²) in [5.74, 6) is 0.223. The fraction of sp³-hybridized carbons (Fsp3) is 0.538. The molecular weight excluding hydrogens is 295 g/mol. The molecule has 1 aliphatic rings. The van der Waals surface area contributed by atoms with Gasteiger partial charge in [0, 0.05) is 29.1 Å². The van der Waals surface area contributed by atoms with Gasteiger partial charge in [0.2, 0.25) is 0 Å². The molecule has 1 atom stereocenters. The average molecular weight is 310 g/mol. The van der Waals surface area contributed by atoms with Crippen molar-refractivity contribution in [3.63, 3.8) is 0 Å². The Balaban J connectivity index is 1.93. The van der Waals surface area contributed by atoms with E-state index in [4.69, 9.17) is 11.6 Å². The van der Waals surface area contributed by atoms with Crippen LogP contribution >= 0.6 is 23.4 Å². The second-order valence-corrected chi connectivity index (χ2v) is 6.31. The van der Waals surface area contributed by atoms with E-state index in [0.717, 1.165) is 6.42 Å². The van der Waals surface area contributed by atoms with E-state index in [-0.39, 0.29) is 17.7 Å². The smallest absolute Gasteiger partial charge is 0.293 e. The van der Waals surface area contributed by atoms with Crippen LogP contribution < -0.4 is 0 Å². The lowest BCUT2D eigenvalue weighted by Gasteiger charge is -2.25. The van der Waals surface area contributed by atoms with Crippen molar-refractivity contribution in [1.29, 1.82) is 0 Å². The first-order valence-corrected chi connectivity index (χ1v) is 7.49. The Labute approximate surface area is 120 Å². The quantitative estimate of drug-likeness (QED) is 0.761. The summed E-state index contributed by atoms with van der Waals surface area (Å²) in [6, 6.07) is 7.99. The molecule has 0 fully saturated rings. The van der Waals surface area contributed by atoms with Crippen molar-refractivity contribution in [3.8, 4) is 0 Å². The van der Waals surface area contributed by atoms with E-state index in [0.29, 0.717) is 6.54 Å². The molecule has 1 aromatic carbocycles. The second-order valence-electron chi connectivity index (χ2n) is 4.59. The predicted octanol–water partition coefficient (Wildman–Crippen LogP) is 3.81. The molecule has 19 heavy (non-hydrogen) atoms. The Morgan fingerprint density at radius 2 is 2.05 bits per heavy atom. The molecule has 2 rings (SSSR count). The Morgan fingerprint density at radius 1 is 1.32 bits per heavy atom. The van der Waals surface area contributed by atoms with E-state index in [1.807, 2.05) is 24.3 Å². The molecule has 0 amide bonds. The van der Waals surface area contributed by atoms with Crippen molar-refractivity contribution >= 4 is 23.4 Å². The first-order chi connectivity index (χ1) is 8.98. The van der Waals surface area contributed by atoms with Crippen LogP contribution in [0, 0.1) is 0 Å². The van der Waals surface area contributed by atoms with E-state index in [2.05, 4.69) is 0 Å². The number of fused-ring (bicyclic) bond motifs is 1. The minimum atomic E-state index is -4.16. The van der Waals surface area contributed by atoms with E-state index in [9.17, 15) is 13.2 Å². The minimum Gasteiger partial charge on any atom is -0.293 e. The molecule has 6 heteroatoms. The largest absolute Gasteiger partial charge is 0.401 e. The van der Waals surface area contributed by atoms with Gasteiger partial charge in [-0.05, 0) is 18.1 Å². The lowest BCUT2D eigenvalue weighted by atomic mass is 10.1. The van der Waals surface area contributed by atoms with Crippen LogP contribution in [0.3, 0.4) is 0 Å². The fourth-order valence-electron chi connectivity index (χ4n) is 2.25. The summed E-state index contributed by atoms with van der Waals surface area (Å²) in [6.45, 7) is -0.187. The van der Waals surface area contributed by atoms with Crippen molar-refractivity contribution in [2.45, 2.75) is 22.7 Å². The van der Waals surface area contributed by atoms with Gasteiger partial charge >= 0.3 is 6.18 Å². The summed E-state index contributed by atoms with van der Waals surface area (Å²) in [5.41, 5.74) is 1.23. The Hall–Kier alpha value is -0.390. The Bertz CT molecular complexity index is 400. The van der Waals surface area contributed by atoms with Gasteiger partial charge in [0.05, 0.1) is 6.54 Å². The zero-order chi connectivity index (χ0) is 13.9. The third-order valence-corrected chi connectivity index (χ3v) is 4.45. The minimum absolute atomic E-state index is 0.183. The predicted molar refractivity (Wildman–Crippen MR) is 73.0 cm³/mol. The van der Waals surface area contributed by atoms with Gasteiger partial charge in [-0.3, -0.25) is 4.90 Å². The molecule has 1 unspecified atom stereocenters. The normalized spacial score (nSPS) is 18.9. The highest BCUT2D eigenvalue weighted by atomic mass is 35.5. The molecule has 0 radical (unpaired) electrons. The highest BCUT2D eigenvalue weighted by molar-refractivity contribution is 8.00. The number of rotatable bonds is 5. The number of hydrogen-bond acceptors (Lipinski definition) is 2. The molecule has 0 N–H and O–H groups in total. The van der Waals surface area contributed by atoms with Crippen molar-refractivity contribution in [2.75, 3.05) is 25.5 Å². The van der Waals surface area contributed by atoms with Crippen LogP contribution in [0.5, 0.6) is 0 Å². The average Bonchev–Trinajstić information content (AvgIpc) is 2.69. The number of halogens is 4. The maximum Gasteiger partial charge on any atom is 0.401 e. The SMILES string of the molecule is FC(F)(F)CN(CCCl)CC1Cc2ccccc2S1. The van der Waals surface area contributed by atoms with Crippen LogP contribution in [-0.2, 0) is 6.42 Å². The third kappa shape index (κ3) is 4.58. The maximum atomic E-state index is 12.5. The lowest BCUT2D eigenvalue weighted by molar-refractivity contribution is -0.145. The van der Waals surface area contributed by atoms with Crippen LogP contribution in [-0.4, -0.2) is 41.8 Å². The number of hydrogen-bond donors (Lipinski definition) is 0. The lowest BCUT2D eigenvalue weighted by Crippen LogP contribution is -2.39. The van der Waals surface area contributed by atoms with Gasteiger partial charge in [-0.2, -0.15) is 13.2 Å². The molecule has 0 aromatic heterocycles. The van der Waals surface area contributed by atoms with Crippen molar-refractivity contribution in [1.82, 2.24) is 4.90 Å². The zero-order valence-corrected chi connectivity index (χ0v) is 11.9. The number of alkyl halides is 4. The highest BCUT2D eigenvalue weighted by Gasteiger charge is 2.32. The molecule has 1 heterocycles. The van der Waals surface area contributed by atoms with Gasteiger partial charge in [-0.25, -0.2) is 0 Å². The van der Waals surface area contributed by atoms with Gasteiger partial charge in [0.25, 0.3) is 0 Å². The summed E-state index contributed by atoms with van der Waals surface area (Å²) >= 11 is 7.25. The standard InChI is InChI=1S/C13H15ClF3NS/c14-5-6-18(9-13(15,16)17)8-11-7-10-3-1-2-4-12(10)19-11/h1-4,11H,5-9H2. The topological polar surface area (TPSA) is 3.24 Å². The third-order valence-electron chi connectivity index (χ3n) is 2.98. The van der Waals surface area contributed by atoms with Crippen LogP contribution in [0.15, 0.2) is 29.2 Å². The molecule has 0 aliphatic carbocycles. The zero-order valence-electron chi connectivity index (χ0n) is 10.3. The molecule has 1 nitrogen and oxygen atoms in total. The van der Waals surface area contributed by atoms with Gasteiger partial charge in [-0.1, -0.05) is 18.2 Å².